The predicted octanol–water partition coefficient (Wildman–Crippen LogP) is -0.646. The number of aliphatic hydroxyl groups is 1. The van der Waals surface area contributed by atoms with E-state index in [9.17, 15) is 5.11 Å². The fourth-order valence-electron chi connectivity index (χ4n) is 0.816. The number of nitrogens with zero attached hydrogens (tertiary/aromatic N) is 2. The molecule has 0 bridgehead atoms. The molecule has 0 unspecified atom stereocenters. The monoisotopic (exact) mass is 157 g/mol. The molecule has 0 saturated carbocycles. The molecule has 0 amide bonds. The van der Waals surface area contributed by atoms with E-state index in [4.69, 9.17) is 4.74 Å². The summed E-state index contributed by atoms with van der Waals surface area (Å²) in [5.74, 6) is 0. The number of nitrogens with one attached hydrogen (secondary N) is 1. The molecule has 0 aliphatic carbocycles. The summed E-state index contributed by atoms with van der Waals surface area (Å²) in [5, 5.41) is 19.1. The van der Waals surface area contributed by atoms with Gasteiger partial charge in [0.2, 0.25) is 0 Å². The minimum Gasteiger partial charge on any atom is -0.390 e. The molecular weight excluding hydrogens is 146 g/mol. The highest BCUT2D eigenvalue weighted by atomic mass is 16.5. The average molecular weight is 157 g/mol. The van der Waals surface area contributed by atoms with Crippen LogP contribution in [0.15, 0.2) is 6.20 Å². The molecule has 5 heteroatoms. The van der Waals surface area contributed by atoms with Crippen molar-refractivity contribution in [1.29, 1.82) is 0 Å². The molecule has 0 spiro atoms. The van der Waals surface area contributed by atoms with E-state index in [1.807, 2.05) is 0 Å². The molecule has 0 aliphatic heterocycles. The lowest BCUT2D eigenvalue weighted by Gasteiger charge is -2.05. The zero-order chi connectivity index (χ0) is 8.10. The van der Waals surface area contributed by atoms with Crippen LogP contribution in [-0.4, -0.2) is 40.3 Å². The maximum atomic E-state index is 9.21. The number of aromatic nitrogens is 3. The van der Waals surface area contributed by atoms with Crippen molar-refractivity contribution in [2.45, 2.75) is 12.5 Å². The first-order chi connectivity index (χ1) is 5.33. The van der Waals surface area contributed by atoms with Gasteiger partial charge in [-0.1, -0.05) is 0 Å². The summed E-state index contributed by atoms with van der Waals surface area (Å²) in [6.45, 7) is 0.326. The van der Waals surface area contributed by atoms with Gasteiger partial charge in [-0.3, -0.25) is 0 Å². The molecular formula is C6H11N3O2. The van der Waals surface area contributed by atoms with Crippen LogP contribution in [0.4, 0.5) is 0 Å². The molecule has 0 aliphatic rings. The summed E-state index contributed by atoms with van der Waals surface area (Å²) in [6, 6.07) is 0. The first-order valence-corrected chi connectivity index (χ1v) is 3.34. The smallest absolute Gasteiger partial charge is 0.0851 e. The SMILES string of the molecule is COC[C@@H](O)Cc1cn[nH]n1. The Kier molecular flexibility index (Phi) is 3.00. The van der Waals surface area contributed by atoms with Crippen molar-refractivity contribution in [1.82, 2.24) is 15.4 Å². The van der Waals surface area contributed by atoms with E-state index in [1.165, 1.54) is 0 Å². The molecule has 1 aromatic rings. The molecule has 1 heterocycles. The Morgan fingerprint density at radius 1 is 1.82 bits per heavy atom. The van der Waals surface area contributed by atoms with Crippen molar-refractivity contribution >= 4 is 0 Å². The summed E-state index contributed by atoms with van der Waals surface area (Å²) in [6.07, 6.45) is 1.56. The van der Waals surface area contributed by atoms with Gasteiger partial charge in [-0.2, -0.15) is 15.4 Å². The summed E-state index contributed by atoms with van der Waals surface area (Å²) < 4.78 is 4.74. The highest BCUT2D eigenvalue weighted by Gasteiger charge is 2.05. The van der Waals surface area contributed by atoms with Crippen LogP contribution >= 0.6 is 0 Å². The minimum atomic E-state index is -0.495. The quantitative estimate of drug-likeness (QED) is 0.609. The lowest BCUT2D eigenvalue weighted by atomic mass is 10.2. The van der Waals surface area contributed by atoms with Crippen molar-refractivity contribution in [3.05, 3.63) is 11.9 Å². The lowest BCUT2D eigenvalue weighted by Crippen LogP contribution is -2.17. The fraction of sp³-hybridized carbons (Fsp3) is 0.667. The molecule has 0 fully saturated rings. The van der Waals surface area contributed by atoms with E-state index in [0.717, 1.165) is 5.69 Å². The van der Waals surface area contributed by atoms with Crippen LogP contribution in [0.5, 0.6) is 0 Å². The molecule has 0 saturated heterocycles. The number of rotatable bonds is 4. The van der Waals surface area contributed by atoms with Gasteiger partial charge in [-0.25, -0.2) is 0 Å². The number of H-pyrrole nitrogens is 1. The zero-order valence-electron chi connectivity index (χ0n) is 6.32. The maximum Gasteiger partial charge on any atom is 0.0851 e. The van der Waals surface area contributed by atoms with Gasteiger partial charge in [0.15, 0.2) is 0 Å². The molecule has 1 aromatic heterocycles. The van der Waals surface area contributed by atoms with Crippen molar-refractivity contribution in [3.63, 3.8) is 0 Å². The first-order valence-electron chi connectivity index (χ1n) is 3.34. The second-order valence-corrected chi connectivity index (χ2v) is 2.27. The Balaban J connectivity index is 2.31. The van der Waals surface area contributed by atoms with E-state index in [0.29, 0.717) is 13.0 Å². The highest BCUT2D eigenvalue weighted by Crippen LogP contribution is 1.96. The number of aromatic amines is 1. The predicted molar refractivity (Wildman–Crippen MR) is 38.0 cm³/mol. The highest BCUT2D eigenvalue weighted by molar-refractivity contribution is 4.92. The molecule has 5 nitrogen and oxygen atoms in total. The van der Waals surface area contributed by atoms with Gasteiger partial charge in [0.05, 0.1) is 24.6 Å². The number of ether oxygens (including phenoxy) is 1. The lowest BCUT2D eigenvalue weighted by molar-refractivity contribution is 0.0644. The summed E-state index contributed by atoms with van der Waals surface area (Å²) >= 11 is 0. The summed E-state index contributed by atoms with van der Waals surface area (Å²) in [5.41, 5.74) is 0.745. The molecule has 0 radical (unpaired) electrons. The Bertz CT molecular complexity index is 188. The second kappa shape index (κ2) is 4.05. The minimum absolute atomic E-state index is 0.326. The van der Waals surface area contributed by atoms with Crippen molar-refractivity contribution in [2.75, 3.05) is 13.7 Å². The normalized spacial score (nSPS) is 13.3. The van der Waals surface area contributed by atoms with E-state index in [2.05, 4.69) is 15.4 Å². The van der Waals surface area contributed by atoms with E-state index < -0.39 is 6.10 Å². The van der Waals surface area contributed by atoms with Crippen LogP contribution in [0.3, 0.4) is 0 Å². The Labute approximate surface area is 64.4 Å². The number of hydrogen-bond donors (Lipinski definition) is 2. The fourth-order valence-corrected chi connectivity index (χ4v) is 0.816. The Morgan fingerprint density at radius 2 is 2.64 bits per heavy atom. The van der Waals surface area contributed by atoms with Gasteiger partial charge in [-0.15, -0.1) is 0 Å². The third-order valence-electron chi connectivity index (χ3n) is 1.27. The first kappa shape index (κ1) is 8.16. The molecule has 1 atom stereocenters. The molecule has 0 aromatic carbocycles. The van der Waals surface area contributed by atoms with Gasteiger partial charge in [0, 0.05) is 13.5 Å². The number of aliphatic hydroxyl groups excluding tert-OH is 1. The van der Waals surface area contributed by atoms with E-state index in [-0.39, 0.29) is 0 Å². The van der Waals surface area contributed by atoms with Gasteiger partial charge < -0.3 is 9.84 Å². The third kappa shape index (κ3) is 2.65. The number of methoxy groups -OCH3 is 1. The van der Waals surface area contributed by atoms with Crippen LogP contribution in [-0.2, 0) is 11.2 Å². The van der Waals surface area contributed by atoms with Crippen molar-refractivity contribution in [2.24, 2.45) is 0 Å². The van der Waals surface area contributed by atoms with Crippen LogP contribution < -0.4 is 0 Å². The van der Waals surface area contributed by atoms with Crippen LogP contribution in [0.25, 0.3) is 0 Å². The van der Waals surface area contributed by atoms with Crippen LogP contribution in [0.2, 0.25) is 0 Å². The largest absolute Gasteiger partial charge is 0.390 e. The van der Waals surface area contributed by atoms with Crippen LogP contribution in [0, 0.1) is 0 Å². The van der Waals surface area contributed by atoms with Gasteiger partial charge in [0.1, 0.15) is 0 Å². The molecule has 2 N–H and O–H groups in total. The maximum absolute atomic E-state index is 9.21. The standard InChI is InChI=1S/C6H11N3O2/c1-11-4-6(10)2-5-3-7-9-8-5/h3,6,10H,2,4H2,1H3,(H,7,8,9)/t6-/m0/s1. The van der Waals surface area contributed by atoms with Crippen molar-refractivity contribution < 1.29 is 9.84 Å². The summed E-state index contributed by atoms with van der Waals surface area (Å²) in [4.78, 5) is 0. The molecule has 11 heavy (non-hydrogen) atoms. The van der Waals surface area contributed by atoms with E-state index in [1.54, 1.807) is 13.3 Å². The Hall–Kier alpha value is -0.940. The van der Waals surface area contributed by atoms with Crippen LogP contribution in [0.1, 0.15) is 5.69 Å². The molecule has 1 rings (SSSR count). The van der Waals surface area contributed by atoms with Gasteiger partial charge in [-0.05, 0) is 0 Å². The summed E-state index contributed by atoms with van der Waals surface area (Å²) in [7, 11) is 1.55. The van der Waals surface area contributed by atoms with Crippen molar-refractivity contribution in [3.8, 4) is 0 Å². The molecule has 62 valence electrons. The van der Waals surface area contributed by atoms with Gasteiger partial charge in [0.25, 0.3) is 0 Å². The topological polar surface area (TPSA) is 71.0 Å². The second-order valence-electron chi connectivity index (χ2n) is 2.27. The Morgan fingerprint density at radius 3 is 3.18 bits per heavy atom. The van der Waals surface area contributed by atoms with E-state index >= 15 is 0 Å². The zero-order valence-corrected chi connectivity index (χ0v) is 6.32. The average Bonchev–Trinajstić information content (AvgIpc) is 2.40. The third-order valence-corrected chi connectivity index (χ3v) is 1.27. The number of hydrogen-bond acceptors (Lipinski definition) is 4. The van der Waals surface area contributed by atoms with Gasteiger partial charge >= 0.3 is 0 Å².